The first kappa shape index (κ1) is 15.8. The summed E-state index contributed by atoms with van der Waals surface area (Å²) < 4.78 is 7.56. The second-order valence-electron chi connectivity index (χ2n) is 6.23. The van der Waals surface area contributed by atoms with Gasteiger partial charge in [0.25, 0.3) is 5.91 Å². The number of hydrogen-bond acceptors (Lipinski definition) is 3. The zero-order valence-corrected chi connectivity index (χ0v) is 14.2. The van der Waals surface area contributed by atoms with Crippen LogP contribution in [0.1, 0.15) is 49.8 Å². The Morgan fingerprint density at radius 2 is 2.09 bits per heavy atom. The van der Waals surface area contributed by atoms with Crippen LogP contribution in [-0.2, 0) is 6.42 Å². The smallest absolute Gasteiger partial charge is 0.272 e. The average molecular weight is 315 g/mol. The van der Waals surface area contributed by atoms with Crippen LogP contribution in [0.5, 0.6) is 5.75 Å². The standard InChI is InChI=1S/C18H25N3O2/c1-4-14-16(18(22)20-11-8-13(3)9-12-20)21-10-6-7-15(23-5-2)17(21)19-14/h6-7,10,13H,4-5,8-9,11-12H2,1-3H3. The Bertz CT molecular complexity index is 700. The number of carbonyl (C=O) groups excluding carboxylic acids is 1. The maximum Gasteiger partial charge on any atom is 0.272 e. The summed E-state index contributed by atoms with van der Waals surface area (Å²) in [4.78, 5) is 19.7. The number of pyridine rings is 1. The van der Waals surface area contributed by atoms with Crippen LogP contribution in [0.2, 0.25) is 0 Å². The van der Waals surface area contributed by atoms with E-state index in [9.17, 15) is 4.79 Å². The summed E-state index contributed by atoms with van der Waals surface area (Å²) in [6.07, 6.45) is 4.80. The minimum absolute atomic E-state index is 0.0925. The largest absolute Gasteiger partial charge is 0.490 e. The molecule has 1 aliphatic heterocycles. The molecule has 0 N–H and O–H groups in total. The van der Waals surface area contributed by atoms with Gasteiger partial charge in [0.2, 0.25) is 0 Å². The lowest BCUT2D eigenvalue weighted by molar-refractivity contribution is 0.0689. The minimum atomic E-state index is 0.0925. The van der Waals surface area contributed by atoms with Crippen LogP contribution in [0.4, 0.5) is 0 Å². The summed E-state index contributed by atoms with van der Waals surface area (Å²) in [5.41, 5.74) is 2.28. The van der Waals surface area contributed by atoms with Crippen LogP contribution < -0.4 is 4.74 Å². The second-order valence-corrected chi connectivity index (χ2v) is 6.23. The van der Waals surface area contributed by atoms with Gasteiger partial charge in [0.15, 0.2) is 11.4 Å². The number of nitrogens with zero attached hydrogens (tertiary/aromatic N) is 3. The Labute approximate surface area is 137 Å². The third kappa shape index (κ3) is 2.92. The number of ether oxygens (including phenoxy) is 1. The van der Waals surface area contributed by atoms with Crippen molar-refractivity contribution in [2.45, 2.75) is 40.0 Å². The molecule has 1 aliphatic rings. The van der Waals surface area contributed by atoms with Crippen molar-refractivity contribution in [2.75, 3.05) is 19.7 Å². The molecule has 0 unspecified atom stereocenters. The number of rotatable bonds is 4. The summed E-state index contributed by atoms with van der Waals surface area (Å²) in [5.74, 6) is 1.53. The van der Waals surface area contributed by atoms with Gasteiger partial charge in [0.1, 0.15) is 5.69 Å². The highest BCUT2D eigenvalue weighted by atomic mass is 16.5. The first-order chi connectivity index (χ1) is 11.2. The molecule has 23 heavy (non-hydrogen) atoms. The number of hydrogen-bond donors (Lipinski definition) is 0. The lowest BCUT2D eigenvalue weighted by Crippen LogP contribution is -2.38. The minimum Gasteiger partial charge on any atom is -0.490 e. The van der Waals surface area contributed by atoms with Gasteiger partial charge in [-0.25, -0.2) is 4.98 Å². The summed E-state index contributed by atoms with van der Waals surface area (Å²) in [7, 11) is 0. The molecule has 0 spiro atoms. The number of carbonyl (C=O) groups is 1. The van der Waals surface area contributed by atoms with Crippen molar-refractivity contribution in [1.29, 1.82) is 0 Å². The van der Waals surface area contributed by atoms with Crippen LogP contribution in [0.15, 0.2) is 18.3 Å². The van der Waals surface area contributed by atoms with E-state index < -0.39 is 0 Å². The molecule has 124 valence electrons. The molecule has 2 aromatic rings. The number of aromatic nitrogens is 2. The van der Waals surface area contributed by atoms with Gasteiger partial charge in [-0.2, -0.15) is 0 Å². The fraction of sp³-hybridized carbons (Fsp3) is 0.556. The van der Waals surface area contributed by atoms with Gasteiger partial charge >= 0.3 is 0 Å². The third-order valence-corrected chi connectivity index (χ3v) is 4.59. The van der Waals surface area contributed by atoms with E-state index in [1.165, 1.54) is 0 Å². The monoisotopic (exact) mass is 315 g/mol. The molecule has 0 bridgehead atoms. The van der Waals surface area contributed by atoms with Crippen LogP contribution in [0, 0.1) is 5.92 Å². The lowest BCUT2D eigenvalue weighted by Gasteiger charge is -2.30. The highest BCUT2D eigenvalue weighted by Crippen LogP contribution is 2.25. The normalized spacial score (nSPS) is 16.0. The van der Waals surface area contributed by atoms with Crippen LogP contribution >= 0.6 is 0 Å². The van der Waals surface area contributed by atoms with Crippen molar-refractivity contribution < 1.29 is 9.53 Å². The van der Waals surface area contributed by atoms with Gasteiger partial charge in [-0.05, 0) is 44.2 Å². The molecule has 0 aliphatic carbocycles. The van der Waals surface area contributed by atoms with E-state index in [1.54, 1.807) is 0 Å². The zero-order valence-electron chi connectivity index (χ0n) is 14.2. The van der Waals surface area contributed by atoms with Crippen molar-refractivity contribution in [3.8, 4) is 5.75 Å². The Morgan fingerprint density at radius 1 is 1.35 bits per heavy atom. The number of aryl methyl sites for hydroxylation is 1. The number of fused-ring (bicyclic) bond motifs is 1. The van der Waals surface area contributed by atoms with E-state index in [0.717, 1.165) is 49.4 Å². The fourth-order valence-electron chi connectivity index (χ4n) is 3.19. The predicted molar refractivity (Wildman–Crippen MR) is 90.0 cm³/mol. The van der Waals surface area contributed by atoms with E-state index >= 15 is 0 Å². The molecular weight excluding hydrogens is 290 g/mol. The molecule has 0 atom stereocenters. The summed E-state index contributed by atoms with van der Waals surface area (Å²) in [6, 6.07) is 3.82. The first-order valence-electron chi connectivity index (χ1n) is 8.57. The molecule has 0 saturated carbocycles. The van der Waals surface area contributed by atoms with Crippen molar-refractivity contribution in [2.24, 2.45) is 5.92 Å². The van der Waals surface area contributed by atoms with E-state index in [2.05, 4.69) is 11.9 Å². The fourth-order valence-corrected chi connectivity index (χ4v) is 3.19. The van der Waals surface area contributed by atoms with Gasteiger partial charge in [-0.1, -0.05) is 13.8 Å². The highest BCUT2D eigenvalue weighted by Gasteiger charge is 2.27. The van der Waals surface area contributed by atoms with E-state index in [-0.39, 0.29) is 5.91 Å². The molecule has 5 heteroatoms. The molecule has 2 aromatic heterocycles. The average Bonchev–Trinajstić information content (AvgIpc) is 2.95. The van der Waals surface area contributed by atoms with Crippen molar-refractivity contribution in [3.63, 3.8) is 0 Å². The highest BCUT2D eigenvalue weighted by molar-refractivity contribution is 5.95. The SMILES string of the molecule is CCOc1cccn2c(C(=O)N3CCC(C)CC3)c(CC)nc12. The topological polar surface area (TPSA) is 46.8 Å². The van der Waals surface area contributed by atoms with Crippen LogP contribution in [-0.4, -0.2) is 39.9 Å². The molecule has 1 saturated heterocycles. The van der Waals surface area contributed by atoms with E-state index in [0.29, 0.717) is 18.2 Å². The first-order valence-corrected chi connectivity index (χ1v) is 8.57. The quantitative estimate of drug-likeness (QED) is 0.870. The maximum atomic E-state index is 13.1. The van der Waals surface area contributed by atoms with Crippen molar-refractivity contribution in [1.82, 2.24) is 14.3 Å². The van der Waals surface area contributed by atoms with Crippen molar-refractivity contribution in [3.05, 3.63) is 29.7 Å². The van der Waals surface area contributed by atoms with Crippen LogP contribution in [0.25, 0.3) is 5.65 Å². The Morgan fingerprint density at radius 3 is 2.74 bits per heavy atom. The zero-order chi connectivity index (χ0) is 16.4. The van der Waals surface area contributed by atoms with Gasteiger partial charge in [0.05, 0.1) is 12.3 Å². The van der Waals surface area contributed by atoms with Gasteiger partial charge < -0.3 is 9.64 Å². The molecule has 3 rings (SSSR count). The summed E-state index contributed by atoms with van der Waals surface area (Å²) in [5, 5.41) is 0. The third-order valence-electron chi connectivity index (χ3n) is 4.59. The van der Waals surface area contributed by atoms with Crippen molar-refractivity contribution >= 4 is 11.6 Å². The van der Waals surface area contributed by atoms with Crippen LogP contribution in [0.3, 0.4) is 0 Å². The Kier molecular flexibility index (Phi) is 4.55. The predicted octanol–water partition coefficient (Wildman–Crippen LogP) is 3.17. The van der Waals surface area contributed by atoms with Gasteiger partial charge in [0, 0.05) is 19.3 Å². The summed E-state index contributed by atoms with van der Waals surface area (Å²) in [6.45, 7) is 8.50. The molecule has 3 heterocycles. The molecule has 1 fully saturated rings. The number of imidazole rings is 1. The van der Waals surface area contributed by atoms with Gasteiger partial charge in [-0.15, -0.1) is 0 Å². The number of piperidine rings is 1. The molecule has 0 aromatic carbocycles. The van der Waals surface area contributed by atoms with E-state index in [1.807, 2.05) is 41.5 Å². The lowest BCUT2D eigenvalue weighted by atomic mass is 9.99. The van der Waals surface area contributed by atoms with E-state index in [4.69, 9.17) is 4.74 Å². The van der Waals surface area contributed by atoms with Gasteiger partial charge in [-0.3, -0.25) is 9.20 Å². The number of likely N-dealkylation sites (tertiary alicyclic amines) is 1. The molecule has 5 nitrogen and oxygen atoms in total. The number of amides is 1. The Hall–Kier alpha value is -2.04. The molecular formula is C18H25N3O2. The second kappa shape index (κ2) is 6.60. The Balaban J connectivity index is 2.02. The maximum absolute atomic E-state index is 13.1. The molecule has 0 radical (unpaired) electrons. The summed E-state index contributed by atoms with van der Waals surface area (Å²) >= 11 is 0. The molecule has 1 amide bonds.